The summed E-state index contributed by atoms with van der Waals surface area (Å²) in [5, 5.41) is 10.4. The third-order valence-corrected chi connectivity index (χ3v) is 9.51. The van der Waals surface area contributed by atoms with Crippen LogP contribution in [0.25, 0.3) is 80.3 Å². The zero-order chi connectivity index (χ0) is 26.2. The molecule has 0 aliphatic carbocycles. The van der Waals surface area contributed by atoms with Crippen molar-refractivity contribution in [2.75, 3.05) is 0 Å². The predicted molar refractivity (Wildman–Crippen MR) is 174 cm³/mol. The van der Waals surface area contributed by atoms with Crippen molar-refractivity contribution in [3.8, 4) is 16.8 Å². The molecule has 0 unspecified atom stereocenters. The van der Waals surface area contributed by atoms with Gasteiger partial charge in [0.2, 0.25) is 0 Å². The predicted octanol–water partition coefficient (Wildman–Crippen LogP) is 11.1. The summed E-state index contributed by atoms with van der Waals surface area (Å²) in [5.74, 6) is 0. The molecule has 0 N–H and O–H groups in total. The molecule has 0 aliphatic rings. The van der Waals surface area contributed by atoms with Gasteiger partial charge in [0.1, 0.15) is 0 Å². The molecule has 9 aromatic rings. The summed E-state index contributed by atoms with van der Waals surface area (Å²) in [6.07, 6.45) is 0. The lowest BCUT2D eigenvalue weighted by molar-refractivity contribution is 1.20. The van der Waals surface area contributed by atoms with Crippen molar-refractivity contribution in [2.24, 2.45) is 0 Å². The second kappa shape index (κ2) is 8.29. The summed E-state index contributed by atoms with van der Waals surface area (Å²) in [4.78, 5) is 0. The minimum atomic E-state index is 1.22. The number of thiophene rings is 1. The summed E-state index contributed by atoms with van der Waals surface area (Å²) in [7, 11) is 0. The van der Waals surface area contributed by atoms with E-state index >= 15 is 0 Å². The molecule has 40 heavy (non-hydrogen) atoms. The topological polar surface area (TPSA) is 4.93 Å². The number of hydrogen-bond donors (Lipinski definition) is 0. The highest BCUT2D eigenvalue weighted by Crippen LogP contribution is 2.45. The lowest BCUT2D eigenvalue weighted by atomic mass is 9.96. The Kier molecular flexibility index (Phi) is 4.55. The van der Waals surface area contributed by atoms with Crippen LogP contribution in [0, 0.1) is 0 Å². The normalized spacial score (nSPS) is 12.0. The number of benzene rings is 7. The van der Waals surface area contributed by atoms with Crippen molar-refractivity contribution in [2.45, 2.75) is 0 Å². The summed E-state index contributed by atoms with van der Waals surface area (Å²) in [6, 6.07) is 51.2. The van der Waals surface area contributed by atoms with Gasteiger partial charge in [0.25, 0.3) is 0 Å². The standard InChI is InChI=1S/C38H23NS/c1-3-13-27-24(9-1)11-7-16-28(27)26-19-20-33-31(23-26)37-34(21-22-36-38(37)30-15-5-6-18-35(30)40-36)39(33)32-17-8-12-25-10-2-4-14-29(25)32/h1-23H. The molecule has 0 fully saturated rings. The highest BCUT2D eigenvalue weighted by atomic mass is 32.1. The number of nitrogens with zero attached hydrogens (tertiary/aromatic N) is 1. The number of aromatic nitrogens is 1. The van der Waals surface area contributed by atoms with Gasteiger partial charge < -0.3 is 4.57 Å². The van der Waals surface area contributed by atoms with E-state index in [2.05, 4.69) is 144 Å². The Morgan fingerprint density at radius 2 is 1.10 bits per heavy atom. The maximum absolute atomic E-state index is 2.48. The van der Waals surface area contributed by atoms with E-state index in [1.54, 1.807) is 0 Å². The molecular weight excluding hydrogens is 502 g/mol. The first-order valence-electron chi connectivity index (χ1n) is 13.7. The molecule has 186 valence electrons. The second-order valence-electron chi connectivity index (χ2n) is 10.5. The first-order chi connectivity index (χ1) is 19.8. The SMILES string of the molecule is c1ccc2c(-c3ccc4c(c3)c3c5c(ccc3n4-c3cccc4ccccc34)sc3ccccc35)cccc2c1. The smallest absolute Gasteiger partial charge is 0.0548 e. The van der Waals surface area contributed by atoms with E-state index in [4.69, 9.17) is 0 Å². The van der Waals surface area contributed by atoms with E-state index in [9.17, 15) is 0 Å². The maximum Gasteiger partial charge on any atom is 0.0548 e. The molecule has 0 atom stereocenters. The Morgan fingerprint density at radius 1 is 0.425 bits per heavy atom. The van der Waals surface area contributed by atoms with Gasteiger partial charge in [-0.2, -0.15) is 0 Å². The first-order valence-corrected chi connectivity index (χ1v) is 14.5. The summed E-state index contributed by atoms with van der Waals surface area (Å²) < 4.78 is 5.15. The van der Waals surface area contributed by atoms with Crippen LogP contribution in [-0.2, 0) is 0 Å². The molecule has 0 amide bonds. The van der Waals surface area contributed by atoms with Crippen molar-refractivity contribution >= 4 is 74.9 Å². The Morgan fingerprint density at radius 3 is 1.98 bits per heavy atom. The van der Waals surface area contributed by atoms with Crippen molar-refractivity contribution in [1.29, 1.82) is 0 Å². The van der Waals surface area contributed by atoms with Gasteiger partial charge in [0.15, 0.2) is 0 Å². The fourth-order valence-corrected chi connectivity index (χ4v) is 7.75. The number of hydrogen-bond acceptors (Lipinski definition) is 1. The maximum atomic E-state index is 2.48. The average molecular weight is 526 g/mol. The van der Waals surface area contributed by atoms with Crippen LogP contribution >= 0.6 is 11.3 Å². The molecule has 0 aliphatic heterocycles. The lowest BCUT2D eigenvalue weighted by Gasteiger charge is -2.12. The van der Waals surface area contributed by atoms with Gasteiger partial charge in [-0.3, -0.25) is 0 Å². The van der Waals surface area contributed by atoms with E-state index in [1.165, 1.54) is 80.3 Å². The van der Waals surface area contributed by atoms with Gasteiger partial charge in [0, 0.05) is 36.3 Å². The molecule has 9 rings (SSSR count). The third-order valence-electron chi connectivity index (χ3n) is 8.38. The van der Waals surface area contributed by atoms with Crippen molar-refractivity contribution in [3.05, 3.63) is 140 Å². The largest absolute Gasteiger partial charge is 0.309 e. The van der Waals surface area contributed by atoms with Crippen molar-refractivity contribution in [1.82, 2.24) is 4.57 Å². The molecule has 0 bridgehead atoms. The molecular formula is C38H23NS. The van der Waals surface area contributed by atoms with Gasteiger partial charge in [-0.15, -0.1) is 11.3 Å². The summed E-state index contributed by atoms with van der Waals surface area (Å²) >= 11 is 1.89. The fraction of sp³-hybridized carbons (Fsp3) is 0. The molecule has 0 spiro atoms. The minimum absolute atomic E-state index is 1.22. The van der Waals surface area contributed by atoms with Gasteiger partial charge in [0.05, 0.1) is 16.7 Å². The van der Waals surface area contributed by atoms with Crippen LogP contribution in [0.15, 0.2) is 140 Å². The molecule has 2 aromatic heterocycles. The monoisotopic (exact) mass is 525 g/mol. The van der Waals surface area contributed by atoms with E-state index in [-0.39, 0.29) is 0 Å². The van der Waals surface area contributed by atoms with Crippen molar-refractivity contribution < 1.29 is 0 Å². The van der Waals surface area contributed by atoms with Crippen LogP contribution in [0.5, 0.6) is 0 Å². The summed E-state index contributed by atoms with van der Waals surface area (Å²) in [5.41, 5.74) is 6.22. The zero-order valence-electron chi connectivity index (χ0n) is 21.6. The first kappa shape index (κ1) is 22.0. The van der Waals surface area contributed by atoms with Crippen LogP contribution in [0.4, 0.5) is 0 Å². The molecule has 1 nitrogen and oxygen atoms in total. The molecule has 0 saturated heterocycles. The Hall–Kier alpha value is -4.92. The number of fused-ring (bicyclic) bond motifs is 9. The average Bonchev–Trinajstić information content (AvgIpc) is 3.55. The van der Waals surface area contributed by atoms with E-state index in [0.29, 0.717) is 0 Å². The van der Waals surface area contributed by atoms with Gasteiger partial charge in [-0.1, -0.05) is 103 Å². The van der Waals surface area contributed by atoms with Crippen LogP contribution in [0.2, 0.25) is 0 Å². The van der Waals surface area contributed by atoms with E-state index in [0.717, 1.165) is 0 Å². The third kappa shape index (κ3) is 3.03. The van der Waals surface area contributed by atoms with Crippen LogP contribution in [0.1, 0.15) is 0 Å². The quantitative estimate of drug-likeness (QED) is 0.211. The Labute approximate surface area is 235 Å². The van der Waals surface area contributed by atoms with Crippen LogP contribution in [-0.4, -0.2) is 4.57 Å². The minimum Gasteiger partial charge on any atom is -0.309 e. The molecule has 7 aromatic carbocycles. The van der Waals surface area contributed by atoms with Crippen molar-refractivity contribution in [3.63, 3.8) is 0 Å². The molecule has 2 heteroatoms. The fourth-order valence-electron chi connectivity index (χ4n) is 6.63. The zero-order valence-corrected chi connectivity index (χ0v) is 22.5. The number of rotatable bonds is 2. The summed E-state index contributed by atoms with van der Waals surface area (Å²) in [6.45, 7) is 0. The highest BCUT2D eigenvalue weighted by Gasteiger charge is 2.19. The van der Waals surface area contributed by atoms with Gasteiger partial charge in [-0.05, 0) is 63.7 Å². The van der Waals surface area contributed by atoms with E-state index < -0.39 is 0 Å². The molecule has 0 saturated carbocycles. The Balaban J connectivity index is 1.47. The molecule has 0 radical (unpaired) electrons. The second-order valence-corrected chi connectivity index (χ2v) is 11.6. The van der Waals surface area contributed by atoms with E-state index in [1.807, 2.05) is 11.3 Å². The highest BCUT2D eigenvalue weighted by molar-refractivity contribution is 7.26. The Bertz CT molecular complexity index is 2430. The van der Waals surface area contributed by atoms with Gasteiger partial charge in [-0.25, -0.2) is 0 Å². The van der Waals surface area contributed by atoms with Crippen LogP contribution < -0.4 is 0 Å². The molecule has 2 heterocycles. The van der Waals surface area contributed by atoms with Gasteiger partial charge >= 0.3 is 0 Å². The van der Waals surface area contributed by atoms with Crippen LogP contribution in [0.3, 0.4) is 0 Å². The lowest BCUT2D eigenvalue weighted by Crippen LogP contribution is -1.95.